The zero-order valence-electron chi connectivity index (χ0n) is 5.96. The SMILES string of the molecule is COC(=O)[C@@H]1NCC2C[C@H]21.[HH].[HH]. The normalized spacial score (nSPS) is 42.7. The number of nitrogens with one attached hydrogen (secondary N) is 1. The predicted octanol–water partition coefficient (Wildman–Crippen LogP) is 0.259. The molecule has 3 atom stereocenters. The van der Waals surface area contributed by atoms with Crippen molar-refractivity contribution in [3.05, 3.63) is 0 Å². The molecule has 2 rings (SSSR count). The summed E-state index contributed by atoms with van der Waals surface area (Å²) in [5.74, 6) is 1.27. The number of esters is 1. The molecule has 0 spiro atoms. The number of carbonyl (C=O) groups excluding carboxylic acids is 1. The molecule has 0 radical (unpaired) electrons. The Morgan fingerprint density at radius 1 is 1.80 bits per heavy atom. The van der Waals surface area contributed by atoms with Gasteiger partial charge in [0.05, 0.1) is 7.11 Å². The smallest absolute Gasteiger partial charge is 0.323 e. The molecule has 3 heteroatoms. The summed E-state index contributed by atoms with van der Waals surface area (Å²) in [4.78, 5) is 11.0. The Balaban J connectivity index is 0.000000605. The Kier molecular flexibility index (Phi) is 1.20. The summed E-state index contributed by atoms with van der Waals surface area (Å²) in [6.07, 6.45) is 1.22. The minimum absolute atomic E-state index is 0. The highest BCUT2D eigenvalue weighted by Gasteiger charge is 2.51. The molecule has 3 nitrogen and oxygen atoms in total. The predicted molar refractivity (Wildman–Crippen MR) is 39.6 cm³/mol. The number of fused-ring (bicyclic) bond motifs is 1. The average Bonchev–Trinajstić information content (AvgIpc) is 2.62. The third-order valence-electron chi connectivity index (χ3n) is 2.46. The number of piperidine rings is 1. The number of ether oxygens (including phenoxy) is 1. The van der Waals surface area contributed by atoms with Crippen LogP contribution < -0.4 is 5.32 Å². The fourth-order valence-electron chi connectivity index (χ4n) is 1.73. The van der Waals surface area contributed by atoms with Gasteiger partial charge < -0.3 is 10.1 Å². The van der Waals surface area contributed by atoms with Crippen molar-refractivity contribution in [3.8, 4) is 0 Å². The average molecular weight is 145 g/mol. The minimum Gasteiger partial charge on any atom is -0.468 e. The lowest BCUT2D eigenvalue weighted by Crippen LogP contribution is -2.35. The molecule has 60 valence electrons. The first-order chi connectivity index (χ1) is 4.83. The van der Waals surface area contributed by atoms with Gasteiger partial charge in [-0.3, -0.25) is 4.79 Å². The second-order valence-corrected chi connectivity index (χ2v) is 3.07. The summed E-state index contributed by atoms with van der Waals surface area (Å²) in [5.41, 5.74) is 0. The molecule has 1 aliphatic carbocycles. The number of methoxy groups -OCH3 is 1. The van der Waals surface area contributed by atoms with E-state index in [9.17, 15) is 4.79 Å². The quantitative estimate of drug-likeness (QED) is 0.538. The number of hydrogen-bond donors (Lipinski definition) is 1. The van der Waals surface area contributed by atoms with Crippen LogP contribution in [-0.4, -0.2) is 25.7 Å². The first kappa shape index (κ1) is 6.16. The monoisotopic (exact) mass is 145 g/mol. The molecule has 10 heavy (non-hydrogen) atoms. The van der Waals surface area contributed by atoms with E-state index in [2.05, 4.69) is 10.1 Å². The standard InChI is InChI=1S/C7H11NO2.2H2/c1-10-7(9)6-5-2-4(5)3-8-6;;/h4-6,8H,2-3H2,1H3;2*1H/t4?,5-,6-;;/m1../s1. The van der Waals surface area contributed by atoms with Crippen LogP contribution in [0.1, 0.15) is 9.27 Å². The van der Waals surface area contributed by atoms with Crippen LogP contribution in [0.25, 0.3) is 0 Å². The van der Waals surface area contributed by atoms with Gasteiger partial charge in [0.1, 0.15) is 6.04 Å². The zero-order valence-corrected chi connectivity index (χ0v) is 5.96. The Morgan fingerprint density at radius 3 is 3.00 bits per heavy atom. The van der Waals surface area contributed by atoms with E-state index in [-0.39, 0.29) is 14.9 Å². The number of carbonyl (C=O) groups is 1. The van der Waals surface area contributed by atoms with Crippen molar-refractivity contribution in [2.45, 2.75) is 12.5 Å². The van der Waals surface area contributed by atoms with Gasteiger partial charge in [0.2, 0.25) is 0 Å². The van der Waals surface area contributed by atoms with Gasteiger partial charge in [-0.25, -0.2) is 0 Å². The highest BCUT2D eigenvalue weighted by molar-refractivity contribution is 5.77. The third-order valence-corrected chi connectivity index (χ3v) is 2.46. The molecule has 0 amide bonds. The van der Waals surface area contributed by atoms with Crippen molar-refractivity contribution >= 4 is 5.97 Å². The van der Waals surface area contributed by atoms with Gasteiger partial charge in [0.15, 0.2) is 0 Å². The maximum atomic E-state index is 11.0. The topological polar surface area (TPSA) is 38.3 Å². The van der Waals surface area contributed by atoms with Gasteiger partial charge in [-0.05, 0) is 24.8 Å². The van der Waals surface area contributed by atoms with Crippen molar-refractivity contribution in [2.24, 2.45) is 11.8 Å². The second-order valence-electron chi connectivity index (χ2n) is 3.07. The molecule has 1 saturated carbocycles. The van der Waals surface area contributed by atoms with Crippen molar-refractivity contribution in [1.29, 1.82) is 0 Å². The fraction of sp³-hybridized carbons (Fsp3) is 0.857. The number of hydrogen-bond acceptors (Lipinski definition) is 3. The van der Waals surface area contributed by atoms with Gasteiger partial charge in [0, 0.05) is 2.85 Å². The zero-order chi connectivity index (χ0) is 7.14. The van der Waals surface area contributed by atoms with Crippen LogP contribution in [0.15, 0.2) is 0 Å². The summed E-state index contributed by atoms with van der Waals surface area (Å²) >= 11 is 0. The van der Waals surface area contributed by atoms with Crippen molar-refractivity contribution in [1.82, 2.24) is 5.32 Å². The molecule has 0 aromatic carbocycles. The Hall–Kier alpha value is -0.570. The summed E-state index contributed by atoms with van der Waals surface area (Å²) < 4.78 is 4.63. The lowest BCUT2D eigenvalue weighted by molar-refractivity contribution is -0.143. The minimum atomic E-state index is -0.0926. The van der Waals surface area contributed by atoms with E-state index in [1.165, 1.54) is 13.5 Å². The largest absolute Gasteiger partial charge is 0.468 e. The van der Waals surface area contributed by atoms with E-state index in [4.69, 9.17) is 0 Å². The molecular formula is C7H15NO2. The summed E-state index contributed by atoms with van der Waals surface area (Å²) in [6, 6.07) is 0.00926. The van der Waals surface area contributed by atoms with Crippen LogP contribution in [0.2, 0.25) is 0 Å². The van der Waals surface area contributed by atoms with E-state index in [0.717, 1.165) is 12.5 Å². The molecule has 0 bridgehead atoms. The first-order valence-electron chi connectivity index (χ1n) is 3.64. The molecule has 1 aliphatic heterocycles. The third kappa shape index (κ3) is 0.736. The van der Waals surface area contributed by atoms with E-state index in [0.29, 0.717) is 5.92 Å². The molecule has 1 N–H and O–H groups in total. The van der Waals surface area contributed by atoms with Crippen LogP contribution in [0.3, 0.4) is 0 Å². The Morgan fingerprint density at radius 2 is 2.60 bits per heavy atom. The van der Waals surface area contributed by atoms with Crippen molar-refractivity contribution in [3.63, 3.8) is 0 Å². The van der Waals surface area contributed by atoms with Gasteiger partial charge in [0.25, 0.3) is 0 Å². The van der Waals surface area contributed by atoms with Gasteiger partial charge in [-0.2, -0.15) is 0 Å². The molecular weight excluding hydrogens is 130 g/mol. The van der Waals surface area contributed by atoms with Gasteiger partial charge >= 0.3 is 5.97 Å². The van der Waals surface area contributed by atoms with Crippen LogP contribution in [-0.2, 0) is 9.53 Å². The molecule has 0 aromatic rings. The van der Waals surface area contributed by atoms with E-state index in [1.54, 1.807) is 0 Å². The molecule has 0 aromatic heterocycles. The van der Waals surface area contributed by atoms with Crippen LogP contribution >= 0.6 is 0 Å². The Labute approximate surface area is 62.7 Å². The summed E-state index contributed by atoms with van der Waals surface area (Å²) in [5, 5.41) is 3.13. The summed E-state index contributed by atoms with van der Waals surface area (Å²) in [7, 11) is 1.44. The van der Waals surface area contributed by atoms with Crippen molar-refractivity contribution in [2.75, 3.05) is 13.7 Å². The molecule has 2 fully saturated rings. The van der Waals surface area contributed by atoms with Crippen LogP contribution in [0, 0.1) is 11.8 Å². The second kappa shape index (κ2) is 1.95. The first-order valence-corrected chi connectivity index (χ1v) is 3.64. The maximum Gasteiger partial charge on any atom is 0.323 e. The van der Waals surface area contributed by atoms with E-state index < -0.39 is 0 Å². The molecule has 1 heterocycles. The van der Waals surface area contributed by atoms with Gasteiger partial charge in [-0.1, -0.05) is 0 Å². The molecule has 1 saturated heterocycles. The molecule has 1 unspecified atom stereocenters. The highest BCUT2D eigenvalue weighted by Crippen LogP contribution is 2.45. The van der Waals surface area contributed by atoms with E-state index in [1.807, 2.05) is 0 Å². The maximum absolute atomic E-state index is 11.0. The summed E-state index contributed by atoms with van der Waals surface area (Å²) in [6.45, 7) is 1.00. The Bertz CT molecular complexity index is 177. The van der Waals surface area contributed by atoms with E-state index >= 15 is 0 Å². The van der Waals surface area contributed by atoms with Crippen molar-refractivity contribution < 1.29 is 12.4 Å². The number of rotatable bonds is 1. The lowest BCUT2D eigenvalue weighted by Gasteiger charge is -2.08. The van der Waals surface area contributed by atoms with Crippen LogP contribution in [0.5, 0.6) is 0 Å². The van der Waals surface area contributed by atoms with Crippen LogP contribution in [0.4, 0.5) is 0 Å². The highest BCUT2D eigenvalue weighted by atomic mass is 16.5. The lowest BCUT2D eigenvalue weighted by atomic mass is 10.2. The van der Waals surface area contributed by atoms with Gasteiger partial charge in [-0.15, -0.1) is 0 Å². The fourth-order valence-corrected chi connectivity index (χ4v) is 1.73. The molecule has 2 aliphatic rings.